The Bertz CT molecular complexity index is 443. The first-order valence-electron chi connectivity index (χ1n) is 4.44. The Kier molecular flexibility index (Phi) is 2.33. The fraction of sp³-hybridized carbons (Fsp3) is 0.444. The minimum absolute atomic E-state index is 0.830. The molecule has 0 aliphatic rings. The summed E-state index contributed by atoms with van der Waals surface area (Å²) in [6.45, 7) is 6.91. The van der Waals surface area contributed by atoms with Gasteiger partial charge in [-0.3, -0.25) is 0 Å². The van der Waals surface area contributed by atoms with Gasteiger partial charge in [-0.05, 0) is 32.3 Å². The van der Waals surface area contributed by atoms with Crippen LogP contribution in [-0.2, 0) is 6.54 Å². The molecular weight excluding hydrogens is 196 g/mol. The third-order valence-electron chi connectivity index (χ3n) is 2.40. The third-order valence-corrected chi connectivity index (χ3v) is 3.21. The SMILES string of the molecule is Cc1nnsc1Cn1cnc(C)c1C. The lowest BCUT2D eigenvalue weighted by atomic mass is 10.3. The summed E-state index contributed by atoms with van der Waals surface area (Å²) in [5, 5.41) is 3.98. The van der Waals surface area contributed by atoms with Gasteiger partial charge in [0.1, 0.15) is 0 Å². The molecule has 2 aromatic heterocycles. The van der Waals surface area contributed by atoms with E-state index in [1.807, 2.05) is 20.2 Å². The number of hydrogen-bond acceptors (Lipinski definition) is 4. The maximum Gasteiger partial charge on any atom is 0.0954 e. The summed E-state index contributed by atoms with van der Waals surface area (Å²) >= 11 is 1.45. The Morgan fingerprint density at radius 1 is 1.29 bits per heavy atom. The molecule has 0 radical (unpaired) electrons. The summed E-state index contributed by atoms with van der Waals surface area (Å²) in [5.74, 6) is 0. The van der Waals surface area contributed by atoms with Gasteiger partial charge in [-0.1, -0.05) is 4.49 Å². The molecule has 0 fully saturated rings. The molecule has 0 aromatic carbocycles. The van der Waals surface area contributed by atoms with E-state index in [0.717, 1.165) is 17.9 Å². The zero-order valence-electron chi connectivity index (χ0n) is 8.48. The highest BCUT2D eigenvalue weighted by Gasteiger charge is 2.07. The average Bonchev–Trinajstić information content (AvgIpc) is 2.68. The number of nitrogens with zero attached hydrogens (tertiary/aromatic N) is 4. The molecule has 0 saturated carbocycles. The molecule has 0 bridgehead atoms. The van der Waals surface area contributed by atoms with E-state index in [1.54, 1.807) is 0 Å². The second kappa shape index (κ2) is 3.49. The van der Waals surface area contributed by atoms with Gasteiger partial charge < -0.3 is 4.57 Å². The van der Waals surface area contributed by atoms with E-state index in [2.05, 4.69) is 26.1 Å². The van der Waals surface area contributed by atoms with E-state index in [1.165, 1.54) is 22.1 Å². The van der Waals surface area contributed by atoms with Gasteiger partial charge in [-0.25, -0.2) is 4.98 Å². The minimum atomic E-state index is 0.830. The fourth-order valence-electron chi connectivity index (χ4n) is 1.25. The Morgan fingerprint density at radius 3 is 2.57 bits per heavy atom. The topological polar surface area (TPSA) is 43.6 Å². The molecule has 2 aromatic rings. The summed E-state index contributed by atoms with van der Waals surface area (Å²) in [6, 6.07) is 0. The van der Waals surface area contributed by atoms with Crippen LogP contribution in [0.5, 0.6) is 0 Å². The summed E-state index contributed by atoms with van der Waals surface area (Å²) in [6.07, 6.45) is 1.86. The normalized spacial score (nSPS) is 10.8. The van der Waals surface area contributed by atoms with Crippen molar-refractivity contribution in [3.63, 3.8) is 0 Å². The van der Waals surface area contributed by atoms with Gasteiger partial charge in [0.05, 0.1) is 29.1 Å². The molecule has 0 saturated heterocycles. The lowest BCUT2D eigenvalue weighted by molar-refractivity contribution is 0.772. The largest absolute Gasteiger partial charge is 0.329 e. The molecule has 0 unspecified atom stereocenters. The number of imidazole rings is 1. The van der Waals surface area contributed by atoms with Crippen LogP contribution in [0.25, 0.3) is 0 Å². The van der Waals surface area contributed by atoms with Crippen LogP contribution >= 0.6 is 11.5 Å². The van der Waals surface area contributed by atoms with Crippen molar-refractivity contribution in [1.82, 2.24) is 19.1 Å². The van der Waals surface area contributed by atoms with E-state index in [0.29, 0.717) is 0 Å². The Morgan fingerprint density at radius 2 is 2.07 bits per heavy atom. The van der Waals surface area contributed by atoms with Crippen LogP contribution in [0, 0.1) is 20.8 Å². The minimum Gasteiger partial charge on any atom is -0.329 e. The molecule has 0 aliphatic carbocycles. The van der Waals surface area contributed by atoms with E-state index in [4.69, 9.17) is 0 Å². The molecule has 4 nitrogen and oxygen atoms in total. The number of rotatable bonds is 2. The van der Waals surface area contributed by atoms with Crippen molar-refractivity contribution >= 4 is 11.5 Å². The van der Waals surface area contributed by atoms with E-state index in [-0.39, 0.29) is 0 Å². The molecule has 2 heterocycles. The quantitative estimate of drug-likeness (QED) is 0.754. The zero-order valence-corrected chi connectivity index (χ0v) is 9.30. The first-order valence-corrected chi connectivity index (χ1v) is 5.22. The lowest BCUT2D eigenvalue weighted by Gasteiger charge is -2.02. The van der Waals surface area contributed by atoms with Crippen molar-refractivity contribution in [1.29, 1.82) is 0 Å². The summed E-state index contributed by atoms with van der Waals surface area (Å²) in [7, 11) is 0. The molecule has 2 rings (SSSR count). The summed E-state index contributed by atoms with van der Waals surface area (Å²) in [5.41, 5.74) is 3.30. The number of aryl methyl sites for hydroxylation is 2. The van der Waals surface area contributed by atoms with Crippen LogP contribution in [0.3, 0.4) is 0 Å². The standard InChI is InChI=1S/C9H12N4S/c1-6-8(3)13(5-10-6)4-9-7(2)11-12-14-9/h5H,4H2,1-3H3. The predicted octanol–water partition coefficient (Wildman–Crippen LogP) is 1.71. The maximum atomic E-state index is 4.25. The van der Waals surface area contributed by atoms with Gasteiger partial charge in [-0.2, -0.15) is 0 Å². The lowest BCUT2D eigenvalue weighted by Crippen LogP contribution is -2.00. The Balaban J connectivity index is 2.27. The molecular formula is C9H12N4S. The van der Waals surface area contributed by atoms with Crippen LogP contribution in [-0.4, -0.2) is 19.1 Å². The van der Waals surface area contributed by atoms with Crippen molar-refractivity contribution in [2.24, 2.45) is 0 Å². The molecule has 5 heteroatoms. The second-order valence-electron chi connectivity index (χ2n) is 3.32. The van der Waals surface area contributed by atoms with Crippen molar-refractivity contribution in [2.45, 2.75) is 27.3 Å². The van der Waals surface area contributed by atoms with Crippen molar-refractivity contribution in [2.75, 3.05) is 0 Å². The van der Waals surface area contributed by atoms with Gasteiger partial charge in [0.2, 0.25) is 0 Å². The van der Waals surface area contributed by atoms with Crippen LogP contribution in [0.1, 0.15) is 22.0 Å². The molecule has 0 aliphatic heterocycles. The summed E-state index contributed by atoms with van der Waals surface area (Å²) < 4.78 is 6.03. The van der Waals surface area contributed by atoms with Crippen LogP contribution < -0.4 is 0 Å². The van der Waals surface area contributed by atoms with Crippen LogP contribution in [0.15, 0.2) is 6.33 Å². The van der Waals surface area contributed by atoms with Crippen molar-refractivity contribution < 1.29 is 0 Å². The molecule has 74 valence electrons. The van der Waals surface area contributed by atoms with Gasteiger partial charge in [-0.15, -0.1) is 5.10 Å². The predicted molar refractivity (Wildman–Crippen MR) is 55.4 cm³/mol. The zero-order chi connectivity index (χ0) is 10.1. The third kappa shape index (κ3) is 1.55. The first kappa shape index (κ1) is 9.33. The van der Waals surface area contributed by atoms with Gasteiger partial charge in [0.25, 0.3) is 0 Å². The molecule has 14 heavy (non-hydrogen) atoms. The highest BCUT2D eigenvalue weighted by atomic mass is 32.1. The highest BCUT2D eigenvalue weighted by molar-refractivity contribution is 7.05. The highest BCUT2D eigenvalue weighted by Crippen LogP contribution is 2.13. The van der Waals surface area contributed by atoms with Crippen molar-refractivity contribution in [3.05, 3.63) is 28.3 Å². The Hall–Kier alpha value is -1.23. The maximum absolute atomic E-state index is 4.25. The number of hydrogen-bond donors (Lipinski definition) is 0. The molecule has 0 spiro atoms. The summed E-state index contributed by atoms with van der Waals surface area (Å²) in [4.78, 5) is 5.45. The van der Waals surface area contributed by atoms with E-state index in [9.17, 15) is 0 Å². The monoisotopic (exact) mass is 208 g/mol. The van der Waals surface area contributed by atoms with Gasteiger partial charge >= 0.3 is 0 Å². The molecule has 0 amide bonds. The van der Waals surface area contributed by atoms with Crippen LogP contribution in [0.2, 0.25) is 0 Å². The van der Waals surface area contributed by atoms with Crippen molar-refractivity contribution in [3.8, 4) is 0 Å². The molecule has 0 atom stereocenters. The van der Waals surface area contributed by atoms with Gasteiger partial charge in [0, 0.05) is 5.69 Å². The van der Waals surface area contributed by atoms with Crippen LogP contribution in [0.4, 0.5) is 0 Å². The Labute approximate surface area is 86.8 Å². The second-order valence-corrected chi connectivity index (χ2v) is 4.16. The van der Waals surface area contributed by atoms with E-state index >= 15 is 0 Å². The van der Waals surface area contributed by atoms with Gasteiger partial charge in [0.15, 0.2) is 0 Å². The van der Waals surface area contributed by atoms with E-state index < -0.39 is 0 Å². The fourth-order valence-corrected chi connectivity index (χ4v) is 1.89. The smallest absolute Gasteiger partial charge is 0.0954 e. The number of aromatic nitrogens is 4. The average molecular weight is 208 g/mol. The molecule has 0 N–H and O–H groups in total. The first-order chi connectivity index (χ1) is 6.68.